The molecule has 1 fully saturated rings. The highest BCUT2D eigenvalue weighted by Crippen LogP contribution is 2.38. The molecule has 0 spiro atoms. The molecule has 2 atom stereocenters. The summed E-state index contributed by atoms with van der Waals surface area (Å²) in [7, 11) is 0. The molecule has 1 N–H and O–H groups in total. The number of nitrogens with one attached hydrogen (secondary N) is 1. The number of amides is 2. The third-order valence-electron chi connectivity index (χ3n) is 3.69. The molecule has 1 aromatic heterocycles. The molecule has 1 aliphatic rings. The van der Waals surface area contributed by atoms with Gasteiger partial charge in [-0.15, -0.1) is 0 Å². The number of benzene rings is 1. The van der Waals surface area contributed by atoms with Crippen LogP contribution in [0, 0.1) is 0 Å². The molecule has 3 rings (SSSR count). The van der Waals surface area contributed by atoms with Crippen molar-refractivity contribution in [2.24, 2.45) is 0 Å². The SMILES string of the molecule is O=C1CC(c2cccnc2)C(c2ccc(Cl)cc2)C(=O)N1. The lowest BCUT2D eigenvalue weighted by Crippen LogP contribution is -2.43. The van der Waals surface area contributed by atoms with E-state index in [0.29, 0.717) is 5.02 Å². The van der Waals surface area contributed by atoms with Gasteiger partial charge < -0.3 is 0 Å². The molecular formula is C16H13ClN2O2. The summed E-state index contributed by atoms with van der Waals surface area (Å²) in [6.45, 7) is 0. The van der Waals surface area contributed by atoms with Gasteiger partial charge in [0.15, 0.2) is 0 Å². The summed E-state index contributed by atoms with van der Waals surface area (Å²) in [6, 6.07) is 10.9. The molecule has 0 radical (unpaired) electrons. The van der Waals surface area contributed by atoms with Crippen LogP contribution in [0.15, 0.2) is 48.8 Å². The lowest BCUT2D eigenvalue weighted by atomic mass is 9.77. The van der Waals surface area contributed by atoms with Crippen molar-refractivity contribution in [3.8, 4) is 0 Å². The van der Waals surface area contributed by atoms with Gasteiger partial charge in [-0.1, -0.05) is 29.8 Å². The summed E-state index contributed by atoms with van der Waals surface area (Å²) >= 11 is 5.90. The summed E-state index contributed by atoms with van der Waals surface area (Å²) in [5, 5.41) is 3.03. The lowest BCUT2D eigenvalue weighted by Gasteiger charge is -2.30. The van der Waals surface area contributed by atoms with Gasteiger partial charge in [0.2, 0.25) is 11.8 Å². The number of aromatic nitrogens is 1. The van der Waals surface area contributed by atoms with E-state index in [9.17, 15) is 9.59 Å². The average molecular weight is 301 g/mol. The highest BCUT2D eigenvalue weighted by atomic mass is 35.5. The van der Waals surface area contributed by atoms with Gasteiger partial charge in [0.05, 0.1) is 5.92 Å². The standard InChI is InChI=1S/C16H13ClN2O2/c17-12-5-3-10(4-6-12)15-13(8-14(20)19-16(15)21)11-2-1-7-18-9-11/h1-7,9,13,15H,8H2,(H,19,20,21). The van der Waals surface area contributed by atoms with Crippen LogP contribution in [0.5, 0.6) is 0 Å². The predicted octanol–water partition coefficient (Wildman–Crippen LogP) is 2.65. The second-order valence-corrected chi connectivity index (χ2v) is 5.48. The molecule has 21 heavy (non-hydrogen) atoms. The van der Waals surface area contributed by atoms with E-state index in [4.69, 9.17) is 11.6 Å². The topological polar surface area (TPSA) is 59.1 Å². The molecule has 2 unspecified atom stereocenters. The van der Waals surface area contributed by atoms with Gasteiger partial charge in [0.25, 0.3) is 0 Å². The molecule has 5 heteroatoms. The predicted molar refractivity (Wildman–Crippen MR) is 78.9 cm³/mol. The first kappa shape index (κ1) is 13.8. The summed E-state index contributed by atoms with van der Waals surface area (Å²) < 4.78 is 0. The Morgan fingerprint density at radius 1 is 1.10 bits per heavy atom. The molecule has 2 heterocycles. The fourth-order valence-corrected chi connectivity index (χ4v) is 2.85. The van der Waals surface area contributed by atoms with Gasteiger partial charge in [-0.2, -0.15) is 0 Å². The number of hydrogen-bond donors (Lipinski definition) is 1. The maximum Gasteiger partial charge on any atom is 0.234 e. The van der Waals surface area contributed by atoms with Gasteiger partial charge in [-0.3, -0.25) is 19.9 Å². The fraction of sp³-hybridized carbons (Fsp3) is 0.188. The maximum atomic E-state index is 12.3. The van der Waals surface area contributed by atoms with Crippen LogP contribution in [-0.2, 0) is 9.59 Å². The van der Waals surface area contributed by atoms with E-state index in [0.717, 1.165) is 11.1 Å². The smallest absolute Gasteiger partial charge is 0.234 e. The van der Waals surface area contributed by atoms with Crippen LogP contribution in [0.1, 0.15) is 29.4 Å². The molecule has 1 aromatic carbocycles. The third-order valence-corrected chi connectivity index (χ3v) is 3.95. The molecule has 0 aliphatic carbocycles. The molecule has 106 valence electrons. The Kier molecular flexibility index (Phi) is 3.71. The number of hydrogen-bond acceptors (Lipinski definition) is 3. The number of pyridine rings is 1. The van der Waals surface area contributed by atoms with Crippen LogP contribution in [0.2, 0.25) is 5.02 Å². The molecule has 1 saturated heterocycles. The number of carbonyl (C=O) groups is 2. The minimum absolute atomic E-state index is 0.207. The van der Waals surface area contributed by atoms with Crippen LogP contribution < -0.4 is 5.32 Å². The van der Waals surface area contributed by atoms with Gasteiger partial charge in [0, 0.05) is 29.8 Å². The van der Waals surface area contributed by atoms with Crippen molar-refractivity contribution >= 4 is 23.4 Å². The van der Waals surface area contributed by atoms with E-state index < -0.39 is 5.92 Å². The Morgan fingerprint density at radius 2 is 1.86 bits per heavy atom. The van der Waals surface area contributed by atoms with Crippen LogP contribution in [0.25, 0.3) is 0 Å². The highest BCUT2D eigenvalue weighted by Gasteiger charge is 2.37. The summed E-state index contributed by atoms with van der Waals surface area (Å²) in [5.41, 5.74) is 1.74. The number of halogens is 1. The van der Waals surface area contributed by atoms with E-state index in [1.165, 1.54) is 0 Å². The van der Waals surface area contributed by atoms with Crippen molar-refractivity contribution in [1.29, 1.82) is 0 Å². The first-order valence-corrected chi connectivity index (χ1v) is 7.02. The minimum atomic E-state index is -0.413. The third kappa shape index (κ3) is 2.81. The summed E-state index contributed by atoms with van der Waals surface area (Å²) in [5.74, 6) is -1.15. The maximum absolute atomic E-state index is 12.3. The Morgan fingerprint density at radius 3 is 2.52 bits per heavy atom. The Balaban J connectivity index is 2.03. The van der Waals surface area contributed by atoms with Gasteiger partial charge in [-0.05, 0) is 29.3 Å². The minimum Gasteiger partial charge on any atom is -0.296 e. The van der Waals surface area contributed by atoms with E-state index in [1.807, 2.05) is 24.3 Å². The molecule has 2 amide bonds. The second kappa shape index (κ2) is 5.66. The van der Waals surface area contributed by atoms with Crippen molar-refractivity contribution < 1.29 is 9.59 Å². The van der Waals surface area contributed by atoms with Crippen LogP contribution in [0.4, 0.5) is 0 Å². The van der Waals surface area contributed by atoms with E-state index in [2.05, 4.69) is 10.3 Å². The first-order chi connectivity index (χ1) is 10.1. The molecule has 0 bridgehead atoms. The zero-order valence-electron chi connectivity index (χ0n) is 11.1. The van der Waals surface area contributed by atoms with E-state index >= 15 is 0 Å². The van der Waals surface area contributed by atoms with Crippen LogP contribution >= 0.6 is 11.6 Å². The second-order valence-electron chi connectivity index (χ2n) is 5.04. The Labute approximate surface area is 127 Å². The quantitative estimate of drug-likeness (QED) is 0.867. The van der Waals surface area contributed by atoms with Gasteiger partial charge in [0.1, 0.15) is 0 Å². The molecular weight excluding hydrogens is 288 g/mol. The fourth-order valence-electron chi connectivity index (χ4n) is 2.73. The van der Waals surface area contributed by atoms with E-state index in [1.54, 1.807) is 24.5 Å². The lowest BCUT2D eigenvalue weighted by molar-refractivity contribution is -0.135. The number of rotatable bonds is 2. The number of piperidine rings is 1. The molecule has 4 nitrogen and oxygen atoms in total. The average Bonchev–Trinajstić information content (AvgIpc) is 2.49. The number of nitrogens with zero attached hydrogens (tertiary/aromatic N) is 1. The van der Waals surface area contributed by atoms with Crippen molar-refractivity contribution in [3.63, 3.8) is 0 Å². The van der Waals surface area contributed by atoms with Crippen molar-refractivity contribution in [2.45, 2.75) is 18.3 Å². The number of imide groups is 1. The summed E-state index contributed by atoms with van der Waals surface area (Å²) in [4.78, 5) is 28.1. The number of carbonyl (C=O) groups excluding carboxylic acids is 2. The zero-order valence-corrected chi connectivity index (χ0v) is 11.9. The van der Waals surface area contributed by atoms with E-state index in [-0.39, 0.29) is 24.2 Å². The van der Waals surface area contributed by atoms with Crippen LogP contribution in [-0.4, -0.2) is 16.8 Å². The largest absolute Gasteiger partial charge is 0.296 e. The van der Waals surface area contributed by atoms with Gasteiger partial charge >= 0.3 is 0 Å². The van der Waals surface area contributed by atoms with Crippen LogP contribution in [0.3, 0.4) is 0 Å². The Hall–Kier alpha value is -2.20. The van der Waals surface area contributed by atoms with Crippen molar-refractivity contribution in [2.75, 3.05) is 0 Å². The molecule has 2 aromatic rings. The van der Waals surface area contributed by atoms with Crippen molar-refractivity contribution in [3.05, 3.63) is 64.9 Å². The van der Waals surface area contributed by atoms with Gasteiger partial charge in [-0.25, -0.2) is 0 Å². The van der Waals surface area contributed by atoms with Crippen molar-refractivity contribution in [1.82, 2.24) is 10.3 Å². The Bertz CT molecular complexity index is 670. The summed E-state index contributed by atoms with van der Waals surface area (Å²) in [6.07, 6.45) is 3.65. The first-order valence-electron chi connectivity index (χ1n) is 6.64. The molecule has 1 aliphatic heterocycles. The normalized spacial score (nSPS) is 22.0. The monoisotopic (exact) mass is 300 g/mol. The molecule has 0 saturated carbocycles. The zero-order chi connectivity index (χ0) is 14.8. The highest BCUT2D eigenvalue weighted by molar-refractivity contribution is 6.30.